The Bertz CT molecular complexity index is 739. The van der Waals surface area contributed by atoms with E-state index in [-0.39, 0.29) is 23.6 Å². The summed E-state index contributed by atoms with van der Waals surface area (Å²) in [6.45, 7) is 5.79. The summed E-state index contributed by atoms with van der Waals surface area (Å²) in [5.41, 5.74) is 0.970. The summed E-state index contributed by atoms with van der Waals surface area (Å²) in [6, 6.07) is 7.92. The number of carbonyl (C=O) groups is 1. The molecule has 0 bridgehead atoms. The molecule has 0 fully saturated rings. The van der Waals surface area contributed by atoms with Gasteiger partial charge in [0.25, 0.3) is 0 Å². The Hall–Kier alpha value is -2.15. The lowest BCUT2D eigenvalue weighted by Crippen LogP contribution is -2.39. The number of carbonyl (C=O) groups excluding carboxylic acids is 1. The first kappa shape index (κ1) is 19.2. The molecule has 134 valence electrons. The second kappa shape index (κ2) is 7.82. The number of hydrogen-bond acceptors (Lipinski definition) is 5. The Balaban J connectivity index is 2.08. The number of nitrogens with zero attached hydrogens (tertiary/aromatic N) is 1. The Morgan fingerprint density at radius 2 is 2.04 bits per heavy atom. The fourth-order valence-corrected chi connectivity index (χ4v) is 2.48. The molecule has 0 saturated heterocycles. The predicted octanol–water partition coefficient (Wildman–Crippen LogP) is 3.00. The Labute approximate surface area is 151 Å². The van der Waals surface area contributed by atoms with Crippen molar-refractivity contribution in [1.29, 1.82) is 0 Å². The highest BCUT2D eigenvalue weighted by molar-refractivity contribution is 6.31. The first-order valence-corrected chi connectivity index (χ1v) is 8.21. The van der Waals surface area contributed by atoms with Crippen molar-refractivity contribution in [3.05, 3.63) is 52.8 Å². The Morgan fingerprint density at radius 3 is 2.68 bits per heavy atom. The van der Waals surface area contributed by atoms with Gasteiger partial charge in [-0.1, -0.05) is 17.7 Å². The third-order valence-corrected chi connectivity index (χ3v) is 3.70. The molecule has 1 amide bonds. The molecule has 1 unspecified atom stereocenters. The minimum absolute atomic E-state index is 0.0251. The Kier molecular flexibility index (Phi) is 6.00. The summed E-state index contributed by atoms with van der Waals surface area (Å²) in [7, 11) is 0. The fraction of sp³-hybridized carbons (Fsp3) is 0.333. The number of aromatic nitrogens is 1. The van der Waals surface area contributed by atoms with E-state index in [2.05, 4.69) is 15.6 Å². The van der Waals surface area contributed by atoms with Gasteiger partial charge in [-0.05, 0) is 45.0 Å². The number of aliphatic hydroxyl groups is 1. The summed E-state index contributed by atoms with van der Waals surface area (Å²) in [5.74, 6) is -0.360. The molecule has 0 saturated carbocycles. The number of phenolic OH excluding ortho intramolecular Hbond substituents is 1. The molecule has 0 spiro atoms. The lowest BCUT2D eigenvalue weighted by molar-refractivity contribution is -0.115. The number of nitrogens with one attached hydrogen (secondary N) is 2. The zero-order valence-corrected chi connectivity index (χ0v) is 15.1. The number of amides is 1. The van der Waals surface area contributed by atoms with Gasteiger partial charge in [0.05, 0.1) is 12.1 Å². The zero-order valence-electron chi connectivity index (χ0n) is 14.4. The van der Waals surface area contributed by atoms with Gasteiger partial charge in [0, 0.05) is 28.0 Å². The van der Waals surface area contributed by atoms with Crippen molar-refractivity contribution in [3.8, 4) is 5.75 Å². The van der Waals surface area contributed by atoms with Crippen LogP contribution in [-0.4, -0.2) is 26.6 Å². The molecule has 1 aromatic carbocycles. The molecule has 7 heteroatoms. The van der Waals surface area contributed by atoms with Crippen molar-refractivity contribution in [2.24, 2.45) is 0 Å². The van der Waals surface area contributed by atoms with E-state index >= 15 is 0 Å². The predicted molar refractivity (Wildman–Crippen MR) is 97.5 cm³/mol. The van der Waals surface area contributed by atoms with Crippen LogP contribution in [0.5, 0.6) is 5.75 Å². The van der Waals surface area contributed by atoms with E-state index in [9.17, 15) is 15.0 Å². The molecule has 1 aromatic heterocycles. The highest BCUT2D eigenvalue weighted by Gasteiger charge is 2.18. The summed E-state index contributed by atoms with van der Waals surface area (Å²) in [5, 5.41) is 26.0. The molecule has 0 aliphatic heterocycles. The molecular weight excluding hydrogens is 342 g/mol. The van der Waals surface area contributed by atoms with Gasteiger partial charge in [-0.3, -0.25) is 15.1 Å². The van der Waals surface area contributed by atoms with Gasteiger partial charge in [-0.15, -0.1) is 0 Å². The molecule has 25 heavy (non-hydrogen) atoms. The van der Waals surface area contributed by atoms with Crippen LogP contribution in [0.2, 0.25) is 5.02 Å². The molecule has 0 aliphatic carbocycles. The summed E-state index contributed by atoms with van der Waals surface area (Å²) in [6.07, 6.45) is 0.488. The molecule has 1 atom stereocenters. The second-order valence-electron chi connectivity index (χ2n) is 6.73. The smallest absolute Gasteiger partial charge is 0.228 e. The number of halogens is 1. The van der Waals surface area contributed by atoms with E-state index in [1.807, 2.05) is 20.8 Å². The lowest BCUT2D eigenvalue weighted by atomic mass is 10.1. The highest BCUT2D eigenvalue weighted by Crippen LogP contribution is 2.26. The van der Waals surface area contributed by atoms with Crippen LogP contribution < -0.4 is 10.6 Å². The van der Waals surface area contributed by atoms with Crippen LogP contribution >= 0.6 is 11.6 Å². The number of aliphatic hydroxyl groups excluding tert-OH is 1. The number of rotatable bonds is 5. The van der Waals surface area contributed by atoms with Crippen molar-refractivity contribution in [2.45, 2.75) is 39.0 Å². The van der Waals surface area contributed by atoms with Gasteiger partial charge in [-0.2, -0.15) is 0 Å². The monoisotopic (exact) mass is 363 g/mol. The molecule has 6 nitrogen and oxygen atoms in total. The van der Waals surface area contributed by atoms with E-state index in [0.29, 0.717) is 22.0 Å². The molecular formula is C18H22ClN3O3. The van der Waals surface area contributed by atoms with Crippen molar-refractivity contribution < 1.29 is 15.0 Å². The molecule has 2 aromatic rings. The van der Waals surface area contributed by atoms with Crippen LogP contribution in [0, 0.1) is 0 Å². The summed E-state index contributed by atoms with van der Waals surface area (Å²) in [4.78, 5) is 16.3. The largest absolute Gasteiger partial charge is 0.508 e. The van der Waals surface area contributed by atoms with E-state index in [1.54, 1.807) is 24.3 Å². The van der Waals surface area contributed by atoms with Crippen LogP contribution in [0.4, 0.5) is 5.69 Å². The standard InChI is InChI=1S/C18H22ClN3O3/c1-18(2,3)22-17(25)14-9-11(7-8-20-14)21-16(24)10-12-13(19)5-4-6-15(12)23/h4-9,17,22-23,25H,10H2,1-3H3,(H,20,21,24). The number of hydrogen-bond donors (Lipinski definition) is 4. The average Bonchev–Trinajstić information content (AvgIpc) is 2.50. The minimum atomic E-state index is -0.954. The van der Waals surface area contributed by atoms with Crippen LogP contribution in [0.25, 0.3) is 0 Å². The van der Waals surface area contributed by atoms with Crippen molar-refractivity contribution >= 4 is 23.2 Å². The maximum atomic E-state index is 12.2. The molecule has 2 rings (SSSR count). The van der Waals surface area contributed by atoms with Crippen LogP contribution in [0.3, 0.4) is 0 Å². The number of phenols is 1. The normalized spacial score (nSPS) is 12.7. The van der Waals surface area contributed by atoms with Gasteiger partial charge < -0.3 is 15.5 Å². The summed E-state index contributed by atoms with van der Waals surface area (Å²) < 4.78 is 0. The third kappa shape index (κ3) is 5.70. The maximum absolute atomic E-state index is 12.2. The second-order valence-corrected chi connectivity index (χ2v) is 7.14. The quantitative estimate of drug-likeness (QED) is 0.613. The van der Waals surface area contributed by atoms with E-state index < -0.39 is 6.23 Å². The van der Waals surface area contributed by atoms with Crippen molar-refractivity contribution in [2.75, 3.05) is 5.32 Å². The first-order chi connectivity index (χ1) is 11.7. The van der Waals surface area contributed by atoms with E-state index in [0.717, 1.165) is 0 Å². The topological polar surface area (TPSA) is 94.5 Å². The van der Waals surface area contributed by atoms with E-state index in [1.165, 1.54) is 12.3 Å². The van der Waals surface area contributed by atoms with Crippen LogP contribution in [0.15, 0.2) is 36.5 Å². The van der Waals surface area contributed by atoms with E-state index in [4.69, 9.17) is 11.6 Å². The Morgan fingerprint density at radius 1 is 1.32 bits per heavy atom. The van der Waals surface area contributed by atoms with Crippen LogP contribution in [-0.2, 0) is 11.2 Å². The molecule has 1 heterocycles. The van der Waals surface area contributed by atoms with Crippen LogP contribution in [0.1, 0.15) is 38.3 Å². The number of pyridine rings is 1. The molecule has 0 aliphatic rings. The minimum Gasteiger partial charge on any atom is -0.508 e. The molecule has 4 N–H and O–H groups in total. The van der Waals surface area contributed by atoms with Gasteiger partial charge in [0.15, 0.2) is 0 Å². The van der Waals surface area contributed by atoms with Crippen molar-refractivity contribution in [1.82, 2.24) is 10.3 Å². The maximum Gasteiger partial charge on any atom is 0.228 e. The van der Waals surface area contributed by atoms with Gasteiger partial charge >= 0.3 is 0 Å². The zero-order chi connectivity index (χ0) is 18.6. The van der Waals surface area contributed by atoms with Gasteiger partial charge in [-0.25, -0.2) is 0 Å². The van der Waals surface area contributed by atoms with Gasteiger partial charge in [0.2, 0.25) is 5.91 Å². The number of anilines is 1. The highest BCUT2D eigenvalue weighted by atomic mass is 35.5. The number of benzene rings is 1. The average molecular weight is 364 g/mol. The third-order valence-electron chi connectivity index (χ3n) is 3.35. The van der Waals surface area contributed by atoms with Gasteiger partial charge in [0.1, 0.15) is 12.0 Å². The summed E-state index contributed by atoms with van der Waals surface area (Å²) >= 11 is 6.01. The SMILES string of the molecule is CC(C)(C)NC(O)c1cc(NC(=O)Cc2c(O)cccc2Cl)ccn1. The fourth-order valence-electron chi connectivity index (χ4n) is 2.25. The first-order valence-electron chi connectivity index (χ1n) is 7.83. The number of aromatic hydroxyl groups is 1. The van der Waals surface area contributed by atoms with Crippen molar-refractivity contribution in [3.63, 3.8) is 0 Å². The lowest BCUT2D eigenvalue weighted by Gasteiger charge is -2.24. The molecule has 0 radical (unpaired) electrons.